The van der Waals surface area contributed by atoms with Crippen LogP contribution in [0, 0.1) is 5.82 Å². The van der Waals surface area contributed by atoms with Crippen LogP contribution in [0.2, 0.25) is 0 Å². The van der Waals surface area contributed by atoms with Crippen molar-refractivity contribution in [1.29, 1.82) is 0 Å². The summed E-state index contributed by atoms with van der Waals surface area (Å²) in [5, 5.41) is 2.98. The zero-order valence-electron chi connectivity index (χ0n) is 23.5. The van der Waals surface area contributed by atoms with Gasteiger partial charge >= 0.3 is 0 Å². The lowest BCUT2D eigenvalue weighted by molar-refractivity contribution is 0.0985. The van der Waals surface area contributed by atoms with Crippen molar-refractivity contribution in [3.8, 4) is 11.3 Å². The minimum absolute atomic E-state index is 0.104. The Bertz CT molecular complexity index is 1350. The summed E-state index contributed by atoms with van der Waals surface area (Å²) in [6, 6.07) is 20.4. The van der Waals surface area contributed by atoms with Crippen molar-refractivity contribution in [3.05, 3.63) is 102 Å². The number of fused-ring (bicyclic) bond motifs is 3. The quantitative estimate of drug-likeness (QED) is 0.208. The van der Waals surface area contributed by atoms with Gasteiger partial charge in [0, 0.05) is 47.2 Å². The molecule has 39 heavy (non-hydrogen) atoms. The molecule has 206 valence electrons. The molecule has 0 saturated heterocycles. The molecule has 0 fully saturated rings. The van der Waals surface area contributed by atoms with Crippen molar-refractivity contribution in [3.63, 3.8) is 0 Å². The first-order valence-electron chi connectivity index (χ1n) is 13.2. The molecule has 1 aromatic heterocycles. The van der Waals surface area contributed by atoms with Crippen LogP contribution in [0.4, 0.5) is 21.5 Å². The molecule has 0 radical (unpaired) electrons. The monoisotopic (exact) mass is 531 g/mol. The summed E-state index contributed by atoms with van der Waals surface area (Å²) >= 11 is 0. The molecule has 3 aromatic carbocycles. The van der Waals surface area contributed by atoms with E-state index in [-0.39, 0.29) is 17.5 Å². The maximum atomic E-state index is 13.8. The number of rotatable bonds is 3. The van der Waals surface area contributed by atoms with E-state index in [1.807, 2.05) is 65.1 Å². The molecule has 1 aliphatic heterocycles. The van der Waals surface area contributed by atoms with E-state index in [1.165, 1.54) is 12.1 Å². The number of Topliss-reactive ketones (excluding diaryl/α,β-unsaturated/α-hetero) is 1. The molecule has 1 amide bonds. The number of carbonyl (C=O) groups excluding carboxylic acids is 2. The van der Waals surface area contributed by atoms with Crippen molar-refractivity contribution in [2.75, 3.05) is 29.5 Å². The van der Waals surface area contributed by atoms with Crippen molar-refractivity contribution in [1.82, 2.24) is 0 Å². The second-order valence-corrected chi connectivity index (χ2v) is 8.15. The lowest BCUT2D eigenvalue weighted by Gasteiger charge is -2.23. The molecule has 0 atom stereocenters. The van der Waals surface area contributed by atoms with E-state index >= 15 is 0 Å². The van der Waals surface area contributed by atoms with Crippen molar-refractivity contribution >= 4 is 28.8 Å². The number of nitrogens with two attached hydrogens (primary N) is 1. The van der Waals surface area contributed by atoms with Crippen LogP contribution in [-0.2, 0) is 6.42 Å². The Morgan fingerprint density at radius 1 is 0.897 bits per heavy atom. The van der Waals surface area contributed by atoms with Gasteiger partial charge in [-0.2, -0.15) is 0 Å². The number of halogens is 1. The Hall–Kier alpha value is -4.39. The molecule has 5 rings (SSSR count). The zero-order chi connectivity index (χ0) is 28.9. The Labute approximate surface area is 230 Å². The van der Waals surface area contributed by atoms with Gasteiger partial charge in [0.05, 0.1) is 12.0 Å². The van der Waals surface area contributed by atoms with E-state index in [1.54, 1.807) is 48.4 Å². The molecule has 6 nitrogen and oxygen atoms in total. The van der Waals surface area contributed by atoms with E-state index in [9.17, 15) is 14.0 Å². The molecule has 0 bridgehead atoms. The van der Waals surface area contributed by atoms with Crippen molar-refractivity contribution < 1.29 is 18.4 Å². The maximum absolute atomic E-state index is 13.8. The van der Waals surface area contributed by atoms with Crippen LogP contribution in [0.1, 0.15) is 60.9 Å². The first kappa shape index (κ1) is 30.8. The van der Waals surface area contributed by atoms with E-state index in [4.69, 9.17) is 10.2 Å². The highest BCUT2D eigenvalue weighted by atomic mass is 19.1. The lowest BCUT2D eigenvalue weighted by atomic mass is 10.1. The molecule has 2 heterocycles. The Kier molecular flexibility index (Phi) is 12.0. The molecule has 7 heteroatoms. The summed E-state index contributed by atoms with van der Waals surface area (Å²) in [7, 11) is 1.85. The number of nitrogens with zero attached hydrogens (tertiary/aromatic N) is 1. The average molecular weight is 532 g/mol. The molecule has 0 saturated carbocycles. The second kappa shape index (κ2) is 15.1. The number of anilines is 3. The van der Waals surface area contributed by atoms with E-state index in [0.717, 1.165) is 22.4 Å². The summed E-state index contributed by atoms with van der Waals surface area (Å²) in [6.07, 6.45) is 2.26. The van der Waals surface area contributed by atoms with Gasteiger partial charge in [-0.3, -0.25) is 9.59 Å². The highest BCUT2D eigenvalue weighted by Crippen LogP contribution is 2.38. The van der Waals surface area contributed by atoms with Crippen LogP contribution in [0.3, 0.4) is 0 Å². The molecule has 3 N–H and O–H groups in total. The zero-order valence-corrected chi connectivity index (χ0v) is 23.5. The number of nitrogen functional groups attached to an aromatic ring is 1. The number of ketones is 1. The molecule has 0 unspecified atom stereocenters. The third-order valence-corrected chi connectivity index (χ3v) is 5.83. The van der Waals surface area contributed by atoms with Gasteiger partial charge in [-0.05, 0) is 86.1 Å². The molecular weight excluding hydrogens is 493 g/mol. The number of amides is 1. The van der Waals surface area contributed by atoms with Crippen LogP contribution in [0.15, 0.2) is 83.5 Å². The highest BCUT2D eigenvalue weighted by molar-refractivity contribution is 6.08. The Morgan fingerprint density at radius 2 is 1.51 bits per heavy atom. The van der Waals surface area contributed by atoms with Crippen LogP contribution in [0.5, 0.6) is 0 Å². The van der Waals surface area contributed by atoms with E-state index in [0.29, 0.717) is 35.7 Å². The SMILES string of the molecule is CC.CC.CNc1ccc(C(C)=O)cc1.Nc1ccc(C(=O)N2CCc3ccoc3-c3ccc(F)cc32)cc1. The molecule has 0 spiro atoms. The number of nitrogens with one attached hydrogen (secondary N) is 1. The van der Waals surface area contributed by atoms with Crippen molar-refractivity contribution in [2.24, 2.45) is 0 Å². The highest BCUT2D eigenvalue weighted by Gasteiger charge is 2.27. The topological polar surface area (TPSA) is 88.6 Å². The summed E-state index contributed by atoms with van der Waals surface area (Å²) in [4.78, 5) is 25.4. The molecular formula is C32H38FN3O3. The maximum Gasteiger partial charge on any atom is 0.258 e. The summed E-state index contributed by atoms with van der Waals surface area (Å²) < 4.78 is 19.4. The first-order chi connectivity index (χ1) is 18.9. The van der Waals surface area contributed by atoms with Gasteiger partial charge in [-0.1, -0.05) is 27.7 Å². The fraction of sp³-hybridized carbons (Fsp3) is 0.250. The fourth-order valence-corrected chi connectivity index (χ4v) is 3.91. The van der Waals surface area contributed by atoms with Crippen LogP contribution >= 0.6 is 0 Å². The van der Waals surface area contributed by atoms with Gasteiger partial charge in [-0.25, -0.2) is 4.39 Å². The first-order valence-corrected chi connectivity index (χ1v) is 13.2. The molecule has 4 aromatic rings. The van der Waals surface area contributed by atoms with Gasteiger partial charge in [0.25, 0.3) is 5.91 Å². The van der Waals surface area contributed by atoms with Gasteiger partial charge in [0.15, 0.2) is 5.78 Å². The third-order valence-electron chi connectivity index (χ3n) is 5.83. The number of hydrogen-bond acceptors (Lipinski definition) is 5. The van der Waals surface area contributed by atoms with E-state index < -0.39 is 0 Å². The summed E-state index contributed by atoms with van der Waals surface area (Å²) in [5.74, 6) is 0.219. The molecule has 0 aliphatic carbocycles. The summed E-state index contributed by atoms with van der Waals surface area (Å²) in [6.45, 7) is 10.0. The Morgan fingerprint density at radius 3 is 2.10 bits per heavy atom. The van der Waals surface area contributed by atoms with Crippen LogP contribution in [0.25, 0.3) is 11.3 Å². The average Bonchev–Trinajstić information content (AvgIpc) is 3.38. The smallest absolute Gasteiger partial charge is 0.258 e. The predicted molar refractivity (Wildman–Crippen MR) is 159 cm³/mol. The van der Waals surface area contributed by atoms with Gasteiger partial charge in [0.1, 0.15) is 11.6 Å². The van der Waals surface area contributed by atoms with Gasteiger partial charge < -0.3 is 20.4 Å². The Balaban J connectivity index is 0.000000300. The molecule has 1 aliphatic rings. The normalized spacial score (nSPS) is 11.0. The number of hydrogen-bond donors (Lipinski definition) is 2. The minimum atomic E-state index is -0.390. The third kappa shape index (κ3) is 7.80. The minimum Gasteiger partial charge on any atom is -0.464 e. The fourth-order valence-electron chi connectivity index (χ4n) is 3.91. The predicted octanol–water partition coefficient (Wildman–Crippen LogP) is 7.85. The largest absolute Gasteiger partial charge is 0.464 e. The number of benzene rings is 3. The van der Waals surface area contributed by atoms with Crippen LogP contribution in [-0.4, -0.2) is 25.3 Å². The number of furan rings is 1. The summed E-state index contributed by atoms with van der Waals surface area (Å²) in [5.41, 5.74) is 10.8. The number of carbonyl (C=O) groups is 2. The van der Waals surface area contributed by atoms with Gasteiger partial charge in [-0.15, -0.1) is 0 Å². The standard InChI is InChI=1S/C19H15FN2O2.C9H11NO.2C2H6/c20-14-3-6-16-17(11-14)22(9-7-12-8-10-24-18(12)16)19(23)13-1-4-15(21)5-2-13;1-7(11)8-3-5-9(10-2)6-4-8;2*1-2/h1-6,8,10-11H,7,9,21H2;3-6,10H,1-2H3;2*1-2H3. The second-order valence-electron chi connectivity index (χ2n) is 8.15. The van der Waals surface area contributed by atoms with Gasteiger partial charge in [0.2, 0.25) is 0 Å². The lowest BCUT2D eigenvalue weighted by Crippen LogP contribution is -2.32. The van der Waals surface area contributed by atoms with E-state index in [2.05, 4.69) is 5.32 Å². The van der Waals surface area contributed by atoms with Crippen LogP contribution < -0.4 is 16.0 Å². The van der Waals surface area contributed by atoms with Crippen molar-refractivity contribution in [2.45, 2.75) is 41.0 Å².